The van der Waals surface area contributed by atoms with E-state index in [4.69, 9.17) is 0 Å². The first-order chi connectivity index (χ1) is 13.9. The van der Waals surface area contributed by atoms with Gasteiger partial charge < -0.3 is 10.4 Å². The highest BCUT2D eigenvalue weighted by molar-refractivity contribution is 6.08. The molecule has 0 bridgehead atoms. The van der Waals surface area contributed by atoms with Gasteiger partial charge in [0.15, 0.2) is 5.78 Å². The lowest BCUT2D eigenvalue weighted by atomic mass is 9.99. The van der Waals surface area contributed by atoms with E-state index in [0.717, 1.165) is 6.07 Å². The first kappa shape index (κ1) is 19.9. The Hall–Kier alpha value is -3.80. The van der Waals surface area contributed by atoms with E-state index in [1.807, 2.05) is 6.07 Å². The number of rotatable bonds is 7. The van der Waals surface area contributed by atoms with E-state index in [-0.39, 0.29) is 17.8 Å². The molecule has 0 radical (unpaired) electrons. The van der Waals surface area contributed by atoms with Gasteiger partial charge in [-0.25, -0.2) is 9.18 Å². The van der Waals surface area contributed by atoms with Crippen molar-refractivity contribution in [3.63, 3.8) is 0 Å². The van der Waals surface area contributed by atoms with Crippen LogP contribution in [-0.4, -0.2) is 28.8 Å². The van der Waals surface area contributed by atoms with Crippen molar-refractivity contribution in [3.8, 4) is 0 Å². The summed E-state index contributed by atoms with van der Waals surface area (Å²) in [6.45, 7) is 0. The van der Waals surface area contributed by atoms with Crippen LogP contribution in [0.2, 0.25) is 0 Å². The van der Waals surface area contributed by atoms with Gasteiger partial charge in [-0.05, 0) is 23.8 Å². The van der Waals surface area contributed by atoms with Crippen LogP contribution in [0.4, 0.5) is 4.39 Å². The molecule has 29 heavy (non-hydrogen) atoms. The van der Waals surface area contributed by atoms with Crippen LogP contribution < -0.4 is 5.32 Å². The van der Waals surface area contributed by atoms with E-state index in [1.54, 1.807) is 48.5 Å². The predicted octanol–water partition coefficient (Wildman–Crippen LogP) is 3.48. The molecule has 6 heteroatoms. The van der Waals surface area contributed by atoms with Crippen LogP contribution in [0.3, 0.4) is 0 Å². The molecular weight excluding hydrogens is 373 g/mol. The maximum absolute atomic E-state index is 13.3. The zero-order chi connectivity index (χ0) is 20.8. The SMILES string of the molecule is O=C(N[C@@H](Cc1ccc(C(=O)c2ccccc2)cc1)C(=O)O)c1cccc(F)c1. The minimum absolute atomic E-state index is 0.0240. The summed E-state index contributed by atoms with van der Waals surface area (Å²) in [7, 11) is 0. The highest BCUT2D eigenvalue weighted by Gasteiger charge is 2.21. The second-order valence-corrected chi connectivity index (χ2v) is 6.47. The maximum atomic E-state index is 13.3. The second kappa shape index (κ2) is 8.93. The number of hydrogen-bond acceptors (Lipinski definition) is 3. The monoisotopic (exact) mass is 391 g/mol. The van der Waals surface area contributed by atoms with Crippen molar-refractivity contribution in [3.05, 3.63) is 107 Å². The number of carboxylic acid groups (broad SMARTS) is 1. The van der Waals surface area contributed by atoms with E-state index in [9.17, 15) is 23.9 Å². The fraction of sp³-hybridized carbons (Fsp3) is 0.0870. The summed E-state index contributed by atoms with van der Waals surface area (Å²) >= 11 is 0. The Kier molecular flexibility index (Phi) is 6.14. The van der Waals surface area contributed by atoms with Crippen LogP contribution in [0.5, 0.6) is 0 Å². The van der Waals surface area contributed by atoms with Gasteiger partial charge in [-0.2, -0.15) is 0 Å². The van der Waals surface area contributed by atoms with Gasteiger partial charge in [-0.15, -0.1) is 0 Å². The first-order valence-corrected chi connectivity index (χ1v) is 8.92. The third kappa shape index (κ3) is 5.13. The fourth-order valence-corrected chi connectivity index (χ4v) is 2.86. The van der Waals surface area contributed by atoms with E-state index in [0.29, 0.717) is 16.7 Å². The van der Waals surface area contributed by atoms with Gasteiger partial charge in [-0.3, -0.25) is 9.59 Å². The molecule has 0 heterocycles. The molecule has 0 aliphatic carbocycles. The highest BCUT2D eigenvalue weighted by atomic mass is 19.1. The van der Waals surface area contributed by atoms with Crippen LogP contribution >= 0.6 is 0 Å². The summed E-state index contributed by atoms with van der Waals surface area (Å²) in [6.07, 6.45) is 0.0240. The number of carbonyl (C=O) groups is 3. The number of halogens is 1. The standard InChI is InChI=1S/C23H18FNO4/c24-19-8-4-7-18(14-19)22(27)25-20(23(28)29)13-15-9-11-17(12-10-15)21(26)16-5-2-1-3-6-16/h1-12,14,20H,13H2,(H,25,27)(H,28,29)/t20-/m0/s1. The Labute approximate surface area is 166 Å². The van der Waals surface area contributed by atoms with E-state index >= 15 is 0 Å². The average Bonchev–Trinajstić information content (AvgIpc) is 2.73. The van der Waals surface area contributed by atoms with Crippen molar-refractivity contribution in [1.29, 1.82) is 0 Å². The number of ketones is 1. The van der Waals surface area contributed by atoms with Gasteiger partial charge >= 0.3 is 5.97 Å². The molecule has 0 aliphatic rings. The second-order valence-electron chi connectivity index (χ2n) is 6.47. The van der Waals surface area contributed by atoms with Gasteiger partial charge in [0, 0.05) is 23.1 Å². The van der Waals surface area contributed by atoms with Gasteiger partial charge in [0.1, 0.15) is 11.9 Å². The molecule has 0 fully saturated rings. The van der Waals surface area contributed by atoms with Crippen molar-refractivity contribution in [2.24, 2.45) is 0 Å². The molecule has 1 atom stereocenters. The maximum Gasteiger partial charge on any atom is 0.326 e. The quantitative estimate of drug-likeness (QED) is 0.604. The minimum Gasteiger partial charge on any atom is -0.480 e. The number of hydrogen-bond donors (Lipinski definition) is 2. The summed E-state index contributed by atoms with van der Waals surface area (Å²) in [5.41, 5.74) is 1.73. The summed E-state index contributed by atoms with van der Waals surface area (Å²) in [5, 5.41) is 11.8. The molecule has 3 aromatic rings. The largest absolute Gasteiger partial charge is 0.480 e. The molecule has 5 nitrogen and oxygen atoms in total. The van der Waals surface area contributed by atoms with Crippen LogP contribution in [0.15, 0.2) is 78.9 Å². The van der Waals surface area contributed by atoms with Gasteiger partial charge in [-0.1, -0.05) is 60.7 Å². The van der Waals surface area contributed by atoms with Crippen LogP contribution in [0, 0.1) is 5.82 Å². The van der Waals surface area contributed by atoms with Gasteiger partial charge in [0.2, 0.25) is 0 Å². The van der Waals surface area contributed by atoms with E-state index in [2.05, 4.69) is 5.32 Å². The molecule has 3 aromatic carbocycles. The molecule has 146 valence electrons. The zero-order valence-electron chi connectivity index (χ0n) is 15.3. The third-order valence-electron chi connectivity index (χ3n) is 4.38. The molecule has 0 aliphatic heterocycles. The Morgan fingerprint density at radius 2 is 1.45 bits per heavy atom. The smallest absolute Gasteiger partial charge is 0.326 e. The molecule has 0 spiro atoms. The lowest BCUT2D eigenvalue weighted by molar-refractivity contribution is -0.139. The molecule has 0 aromatic heterocycles. The van der Waals surface area contributed by atoms with Crippen molar-refractivity contribution >= 4 is 17.7 Å². The van der Waals surface area contributed by atoms with Gasteiger partial charge in [0.25, 0.3) is 5.91 Å². The molecule has 3 rings (SSSR count). The molecular formula is C23H18FNO4. The highest BCUT2D eigenvalue weighted by Crippen LogP contribution is 2.13. The van der Waals surface area contributed by atoms with E-state index < -0.39 is 23.7 Å². The minimum atomic E-state index is -1.21. The normalized spacial score (nSPS) is 11.5. The fourth-order valence-electron chi connectivity index (χ4n) is 2.86. The number of carboxylic acids is 1. The van der Waals surface area contributed by atoms with Crippen molar-refractivity contribution in [2.75, 3.05) is 0 Å². The lowest BCUT2D eigenvalue weighted by Gasteiger charge is -2.15. The van der Waals surface area contributed by atoms with Crippen molar-refractivity contribution in [2.45, 2.75) is 12.5 Å². The average molecular weight is 391 g/mol. The number of amides is 1. The number of benzene rings is 3. The Balaban J connectivity index is 1.70. The number of aliphatic carboxylic acids is 1. The molecule has 0 unspecified atom stereocenters. The molecule has 2 N–H and O–H groups in total. The first-order valence-electron chi connectivity index (χ1n) is 8.92. The van der Waals surface area contributed by atoms with Crippen molar-refractivity contribution in [1.82, 2.24) is 5.32 Å². The van der Waals surface area contributed by atoms with Crippen LogP contribution in [-0.2, 0) is 11.2 Å². The Morgan fingerprint density at radius 1 is 0.828 bits per heavy atom. The summed E-state index contributed by atoms with van der Waals surface area (Å²) < 4.78 is 13.3. The zero-order valence-corrected chi connectivity index (χ0v) is 15.3. The Bertz CT molecular complexity index is 1030. The third-order valence-corrected chi connectivity index (χ3v) is 4.38. The summed E-state index contributed by atoms with van der Waals surface area (Å²) in [4.78, 5) is 36.2. The Morgan fingerprint density at radius 3 is 2.07 bits per heavy atom. The number of carbonyl (C=O) groups excluding carboxylic acids is 2. The van der Waals surface area contributed by atoms with Gasteiger partial charge in [0.05, 0.1) is 0 Å². The van der Waals surface area contributed by atoms with Crippen LogP contribution in [0.25, 0.3) is 0 Å². The molecule has 0 saturated heterocycles. The number of nitrogens with one attached hydrogen (secondary N) is 1. The van der Waals surface area contributed by atoms with E-state index in [1.165, 1.54) is 18.2 Å². The topological polar surface area (TPSA) is 83.5 Å². The molecule has 1 amide bonds. The van der Waals surface area contributed by atoms with Crippen LogP contribution in [0.1, 0.15) is 31.8 Å². The lowest BCUT2D eigenvalue weighted by Crippen LogP contribution is -2.42. The van der Waals surface area contributed by atoms with Crippen molar-refractivity contribution < 1.29 is 23.9 Å². The summed E-state index contributed by atoms with van der Waals surface area (Å²) in [6, 6.07) is 19.2. The summed E-state index contributed by atoms with van der Waals surface area (Å²) in [5.74, 6) is -2.60. The predicted molar refractivity (Wildman–Crippen MR) is 105 cm³/mol. The molecule has 0 saturated carbocycles.